The number of halogens is 2. The molecule has 4 nitrogen and oxygen atoms in total. The molecular weight excluding hydrogens is 281 g/mol. The van der Waals surface area contributed by atoms with Gasteiger partial charge in [0.15, 0.2) is 0 Å². The Labute approximate surface area is 123 Å². The minimum atomic E-state index is -0.407. The molecule has 0 radical (unpaired) electrons. The second-order valence-corrected chi connectivity index (χ2v) is 5.81. The van der Waals surface area contributed by atoms with Gasteiger partial charge in [0.1, 0.15) is 11.7 Å². The number of hydrogen-bond donors (Lipinski definition) is 3. The molecule has 0 atom stereocenters. The zero-order valence-corrected chi connectivity index (χ0v) is 12.5. The van der Waals surface area contributed by atoms with E-state index >= 15 is 0 Å². The van der Waals surface area contributed by atoms with E-state index in [1.54, 1.807) is 12.1 Å². The van der Waals surface area contributed by atoms with E-state index in [0.29, 0.717) is 6.54 Å². The van der Waals surface area contributed by atoms with Gasteiger partial charge < -0.3 is 16.3 Å². The summed E-state index contributed by atoms with van der Waals surface area (Å²) < 4.78 is 13.0. The maximum atomic E-state index is 13.0. The van der Waals surface area contributed by atoms with Crippen molar-refractivity contribution in [2.24, 2.45) is 16.3 Å². The van der Waals surface area contributed by atoms with Crippen LogP contribution in [0, 0.1) is 11.2 Å². The molecule has 0 aromatic heterocycles. The number of nitrogens with two attached hydrogens (primary N) is 1. The fourth-order valence-electron chi connectivity index (χ4n) is 1.80. The standard InChI is InChI=1S/C14H21ClFN3O/c1-14(2,13(17)19-20)6-3-7-18-9-10-4-5-12(16)11(15)8-10/h4-5,8,18,20H,3,6-7,9H2,1-2H3,(H2,17,19). The van der Waals surface area contributed by atoms with Crippen LogP contribution in [0.2, 0.25) is 5.02 Å². The normalized spacial score (nSPS) is 12.7. The van der Waals surface area contributed by atoms with Crippen molar-refractivity contribution in [3.8, 4) is 0 Å². The summed E-state index contributed by atoms with van der Waals surface area (Å²) in [6, 6.07) is 4.68. The SMILES string of the molecule is CC(C)(CCCNCc1ccc(F)c(Cl)c1)C(N)=NO. The van der Waals surface area contributed by atoms with Crippen LogP contribution >= 0.6 is 11.6 Å². The van der Waals surface area contributed by atoms with Gasteiger partial charge in [-0.3, -0.25) is 0 Å². The number of rotatable bonds is 7. The molecule has 112 valence electrons. The van der Waals surface area contributed by atoms with E-state index in [1.165, 1.54) is 6.07 Å². The molecular formula is C14H21ClFN3O. The molecule has 0 spiro atoms. The average Bonchev–Trinajstić information content (AvgIpc) is 2.41. The summed E-state index contributed by atoms with van der Waals surface area (Å²) in [6.45, 7) is 5.28. The van der Waals surface area contributed by atoms with Gasteiger partial charge >= 0.3 is 0 Å². The van der Waals surface area contributed by atoms with Crippen molar-refractivity contribution in [1.82, 2.24) is 5.32 Å². The maximum Gasteiger partial charge on any atom is 0.144 e. The van der Waals surface area contributed by atoms with Gasteiger partial charge in [-0.2, -0.15) is 0 Å². The van der Waals surface area contributed by atoms with Crippen molar-refractivity contribution in [2.45, 2.75) is 33.2 Å². The maximum absolute atomic E-state index is 13.0. The molecule has 20 heavy (non-hydrogen) atoms. The minimum Gasteiger partial charge on any atom is -0.409 e. The summed E-state index contributed by atoms with van der Waals surface area (Å²) >= 11 is 5.71. The molecule has 6 heteroatoms. The molecule has 1 rings (SSSR count). The highest BCUT2D eigenvalue weighted by molar-refractivity contribution is 6.30. The van der Waals surface area contributed by atoms with E-state index in [2.05, 4.69) is 10.5 Å². The van der Waals surface area contributed by atoms with Gasteiger partial charge in [0.05, 0.1) is 5.02 Å². The summed E-state index contributed by atoms with van der Waals surface area (Å²) in [5.74, 6) is -0.168. The molecule has 0 heterocycles. The Hall–Kier alpha value is -1.33. The number of benzene rings is 1. The average molecular weight is 302 g/mol. The molecule has 0 aliphatic carbocycles. The molecule has 0 aliphatic heterocycles. The van der Waals surface area contributed by atoms with Crippen molar-refractivity contribution in [3.63, 3.8) is 0 Å². The summed E-state index contributed by atoms with van der Waals surface area (Å²) in [6.07, 6.45) is 1.69. The van der Waals surface area contributed by atoms with Crippen LogP contribution in [-0.4, -0.2) is 17.6 Å². The van der Waals surface area contributed by atoms with Crippen molar-refractivity contribution < 1.29 is 9.60 Å². The van der Waals surface area contributed by atoms with Crippen LogP contribution in [0.15, 0.2) is 23.4 Å². The first-order chi connectivity index (χ1) is 9.36. The van der Waals surface area contributed by atoms with E-state index in [9.17, 15) is 4.39 Å². The van der Waals surface area contributed by atoms with Gasteiger partial charge in [-0.15, -0.1) is 0 Å². The Morgan fingerprint density at radius 1 is 1.50 bits per heavy atom. The van der Waals surface area contributed by atoms with E-state index in [1.807, 2.05) is 13.8 Å². The van der Waals surface area contributed by atoms with Crippen LogP contribution in [-0.2, 0) is 6.54 Å². The number of amidine groups is 1. The van der Waals surface area contributed by atoms with Gasteiger partial charge in [0, 0.05) is 12.0 Å². The van der Waals surface area contributed by atoms with E-state index < -0.39 is 5.82 Å². The lowest BCUT2D eigenvalue weighted by molar-refractivity contribution is 0.304. The largest absolute Gasteiger partial charge is 0.409 e. The second kappa shape index (κ2) is 7.45. The van der Waals surface area contributed by atoms with Crippen molar-refractivity contribution >= 4 is 17.4 Å². The molecule has 0 bridgehead atoms. The zero-order valence-electron chi connectivity index (χ0n) is 11.8. The summed E-state index contributed by atoms with van der Waals surface area (Å²) in [7, 11) is 0. The Bertz CT molecular complexity index is 477. The smallest absolute Gasteiger partial charge is 0.144 e. The number of nitrogens with zero attached hydrogens (tertiary/aromatic N) is 1. The Morgan fingerprint density at radius 3 is 2.80 bits per heavy atom. The van der Waals surface area contributed by atoms with Crippen LogP contribution in [0.25, 0.3) is 0 Å². The van der Waals surface area contributed by atoms with Crippen LogP contribution in [0.4, 0.5) is 4.39 Å². The summed E-state index contributed by atoms with van der Waals surface area (Å²) in [5.41, 5.74) is 6.23. The predicted molar refractivity (Wildman–Crippen MR) is 79.5 cm³/mol. The summed E-state index contributed by atoms with van der Waals surface area (Å²) in [4.78, 5) is 0. The van der Waals surface area contributed by atoms with Gasteiger partial charge in [0.2, 0.25) is 0 Å². The Morgan fingerprint density at radius 2 is 2.20 bits per heavy atom. The number of oxime groups is 1. The third-order valence-electron chi connectivity index (χ3n) is 3.27. The highest BCUT2D eigenvalue weighted by atomic mass is 35.5. The van der Waals surface area contributed by atoms with Crippen LogP contribution in [0.3, 0.4) is 0 Å². The summed E-state index contributed by atoms with van der Waals surface area (Å²) in [5, 5.41) is 15.1. The molecule has 0 amide bonds. The van der Waals surface area contributed by atoms with Gasteiger partial charge in [0.25, 0.3) is 0 Å². The molecule has 4 N–H and O–H groups in total. The first kappa shape index (κ1) is 16.7. The van der Waals surface area contributed by atoms with Crippen molar-refractivity contribution in [2.75, 3.05) is 6.54 Å². The second-order valence-electron chi connectivity index (χ2n) is 5.40. The van der Waals surface area contributed by atoms with E-state index in [-0.39, 0.29) is 16.3 Å². The molecule has 0 fully saturated rings. The van der Waals surface area contributed by atoms with Gasteiger partial charge in [-0.05, 0) is 37.1 Å². The van der Waals surface area contributed by atoms with E-state index in [0.717, 1.165) is 24.9 Å². The fraction of sp³-hybridized carbons (Fsp3) is 0.500. The highest BCUT2D eigenvalue weighted by Gasteiger charge is 2.22. The van der Waals surface area contributed by atoms with Crippen LogP contribution in [0.1, 0.15) is 32.3 Å². The first-order valence-electron chi connectivity index (χ1n) is 6.49. The lowest BCUT2D eigenvalue weighted by Gasteiger charge is -2.22. The third-order valence-corrected chi connectivity index (χ3v) is 3.56. The topological polar surface area (TPSA) is 70.6 Å². The molecule has 0 aliphatic rings. The molecule has 0 unspecified atom stereocenters. The lowest BCUT2D eigenvalue weighted by atomic mass is 9.86. The third kappa shape index (κ3) is 4.98. The van der Waals surface area contributed by atoms with E-state index in [4.69, 9.17) is 22.5 Å². The first-order valence-corrected chi connectivity index (χ1v) is 6.87. The van der Waals surface area contributed by atoms with Gasteiger partial charge in [-0.1, -0.05) is 36.7 Å². The number of nitrogens with one attached hydrogen (secondary N) is 1. The highest BCUT2D eigenvalue weighted by Crippen LogP contribution is 2.22. The Kier molecular flexibility index (Phi) is 6.23. The van der Waals surface area contributed by atoms with Crippen LogP contribution < -0.4 is 11.1 Å². The fourth-order valence-corrected chi connectivity index (χ4v) is 2.00. The van der Waals surface area contributed by atoms with Crippen LogP contribution in [0.5, 0.6) is 0 Å². The molecule has 1 aromatic carbocycles. The molecule has 1 aromatic rings. The quantitative estimate of drug-likeness (QED) is 0.238. The Balaban J connectivity index is 2.30. The molecule has 0 saturated carbocycles. The minimum absolute atomic E-state index is 0.136. The van der Waals surface area contributed by atoms with Crippen molar-refractivity contribution in [3.05, 3.63) is 34.6 Å². The predicted octanol–water partition coefficient (Wildman–Crippen LogP) is 3.12. The molecule has 0 saturated heterocycles. The lowest BCUT2D eigenvalue weighted by Crippen LogP contribution is -2.32. The number of hydrogen-bond acceptors (Lipinski definition) is 3. The zero-order chi connectivity index (χ0) is 15.2. The van der Waals surface area contributed by atoms with Gasteiger partial charge in [-0.25, -0.2) is 4.39 Å². The van der Waals surface area contributed by atoms with Crippen molar-refractivity contribution in [1.29, 1.82) is 0 Å². The monoisotopic (exact) mass is 301 g/mol.